The second kappa shape index (κ2) is 10.7. The number of carbonyl (C=O) groups is 1. The summed E-state index contributed by atoms with van der Waals surface area (Å²) in [6, 6.07) is 11.9. The van der Waals surface area contributed by atoms with E-state index in [4.69, 9.17) is 0 Å². The smallest absolute Gasteiger partial charge is 0.217 e. The third kappa shape index (κ3) is 5.36. The molecule has 1 N–H and O–H groups in total. The zero-order chi connectivity index (χ0) is 23.0. The van der Waals surface area contributed by atoms with Gasteiger partial charge in [-0.05, 0) is 34.9 Å². The summed E-state index contributed by atoms with van der Waals surface area (Å²) < 4.78 is 1.85. The lowest BCUT2D eigenvalue weighted by Gasteiger charge is -2.08. The van der Waals surface area contributed by atoms with Gasteiger partial charge in [0.2, 0.25) is 11.6 Å². The highest BCUT2D eigenvalue weighted by molar-refractivity contribution is 5.92. The molecule has 1 aromatic carbocycles. The van der Waals surface area contributed by atoms with Gasteiger partial charge in [-0.3, -0.25) is 9.78 Å². The minimum absolute atomic E-state index is 0.0142. The van der Waals surface area contributed by atoms with Gasteiger partial charge in [0.1, 0.15) is 5.82 Å². The number of H-pyrrole nitrogens is 1. The van der Waals surface area contributed by atoms with Gasteiger partial charge in [-0.25, -0.2) is 14.8 Å². The fourth-order valence-electron chi connectivity index (χ4n) is 3.62. The molecule has 0 radical (unpaired) electrons. The van der Waals surface area contributed by atoms with Gasteiger partial charge in [-0.1, -0.05) is 57.0 Å². The number of carbonyl (C=O) groups excluding carboxylic acids is 1. The fraction of sp³-hybridized carbons (Fsp3) is 0.375. The maximum Gasteiger partial charge on any atom is 0.217 e. The number of hydrogen-bond donors (Lipinski definition) is 1. The van der Waals surface area contributed by atoms with Crippen molar-refractivity contribution >= 4 is 5.78 Å². The van der Waals surface area contributed by atoms with Crippen LogP contribution < -0.4 is 0 Å². The Bertz CT molecular complexity index is 1180. The number of rotatable bonds is 11. The van der Waals surface area contributed by atoms with Crippen LogP contribution in [0.25, 0.3) is 22.6 Å². The van der Waals surface area contributed by atoms with E-state index in [1.807, 2.05) is 47.3 Å². The molecular weight excluding hydrogens is 416 g/mol. The number of Topliss-reactive ketones (excluding diaryl/α,β-unsaturated/α-hetero) is 1. The number of aryl methyl sites for hydroxylation is 1. The lowest BCUT2D eigenvalue weighted by Crippen LogP contribution is -2.08. The highest BCUT2D eigenvalue weighted by Crippen LogP contribution is 2.28. The molecule has 0 atom stereocenters. The normalized spacial score (nSPS) is 11.1. The Morgan fingerprint density at radius 1 is 1.03 bits per heavy atom. The molecule has 0 unspecified atom stereocenters. The van der Waals surface area contributed by atoms with Crippen molar-refractivity contribution in [2.75, 3.05) is 0 Å². The number of benzene rings is 1. The Kier molecular flexibility index (Phi) is 7.29. The first kappa shape index (κ1) is 22.4. The molecule has 0 aliphatic heterocycles. The lowest BCUT2D eigenvalue weighted by molar-refractivity contribution is 0.0969. The number of aromatic amines is 1. The van der Waals surface area contributed by atoms with E-state index < -0.39 is 0 Å². The number of hydrogen-bond acceptors (Lipinski definition) is 7. The predicted molar refractivity (Wildman–Crippen MR) is 124 cm³/mol. The SMILES string of the molecule is CCCCC(=O)c1nc(CCCC)n(Cc2ccc(-c3ccccc3-c3nnn[nH]3)nc2)n1. The first-order valence-corrected chi connectivity index (χ1v) is 11.4. The van der Waals surface area contributed by atoms with Gasteiger partial charge in [-0.2, -0.15) is 0 Å². The van der Waals surface area contributed by atoms with Gasteiger partial charge in [0.25, 0.3) is 0 Å². The van der Waals surface area contributed by atoms with E-state index in [0.717, 1.165) is 60.3 Å². The summed E-state index contributed by atoms with van der Waals surface area (Å²) in [5.41, 5.74) is 3.64. The van der Waals surface area contributed by atoms with Gasteiger partial charge in [0, 0.05) is 30.2 Å². The Morgan fingerprint density at radius 2 is 1.85 bits per heavy atom. The topological polar surface area (TPSA) is 115 Å². The predicted octanol–water partition coefficient (Wildman–Crippen LogP) is 4.28. The minimum Gasteiger partial charge on any atom is -0.291 e. The molecule has 170 valence electrons. The van der Waals surface area contributed by atoms with Crippen molar-refractivity contribution in [3.63, 3.8) is 0 Å². The molecule has 9 heteroatoms. The fourth-order valence-corrected chi connectivity index (χ4v) is 3.62. The third-order valence-corrected chi connectivity index (χ3v) is 5.47. The molecule has 4 rings (SSSR count). The van der Waals surface area contributed by atoms with Crippen molar-refractivity contribution in [2.45, 2.75) is 58.9 Å². The Labute approximate surface area is 192 Å². The highest BCUT2D eigenvalue weighted by atomic mass is 16.1. The molecule has 0 aliphatic carbocycles. The van der Waals surface area contributed by atoms with Crippen molar-refractivity contribution in [1.82, 2.24) is 40.4 Å². The highest BCUT2D eigenvalue weighted by Gasteiger charge is 2.16. The molecule has 0 amide bonds. The van der Waals surface area contributed by atoms with Crippen LogP contribution in [0.4, 0.5) is 0 Å². The van der Waals surface area contributed by atoms with Crippen LogP contribution in [0.2, 0.25) is 0 Å². The van der Waals surface area contributed by atoms with E-state index >= 15 is 0 Å². The zero-order valence-electron chi connectivity index (χ0n) is 19.0. The van der Waals surface area contributed by atoms with Crippen molar-refractivity contribution in [1.29, 1.82) is 0 Å². The van der Waals surface area contributed by atoms with Crippen molar-refractivity contribution in [3.8, 4) is 22.6 Å². The Morgan fingerprint density at radius 3 is 2.55 bits per heavy atom. The van der Waals surface area contributed by atoms with E-state index in [1.54, 1.807) is 0 Å². The third-order valence-electron chi connectivity index (χ3n) is 5.47. The first-order chi connectivity index (χ1) is 16.2. The van der Waals surface area contributed by atoms with E-state index in [9.17, 15) is 4.79 Å². The maximum atomic E-state index is 12.5. The van der Waals surface area contributed by atoms with Gasteiger partial charge in [0.15, 0.2) is 5.82 Å². The Balaban J connectivity index is 1.56. The summed E-state index contributed by atoms with van der Waals surface area (Å²) in [5, 5.41) is 18.7. The minimum atomic E-state index is 0.0142. The summed E-state index contributed by atoms with van der Waals surface area (Å²) in [4.78, 5) is 21.7. The molecular formula is C24H28N8O. The average Bonchev–Trinajstić information content (AvgIpc) is 3.52. The number of ketones is 1. The van der Waals surface area contributed by atoms with Crippen LogP contribution in [0.1, 0.15) is 68.0 Å². The summed E-state index contributed by atoms with van der Waals surface area (Å²) in [6.07, 6.45) is 7.03. The number of unbranched alkanes of at least 4 members (excludes halogenated alkanes) is 2. The molecule has 3 heterocycles. The van der Waals surface area contributed by atoms with Crippen LogP contribution in [-0.4, -0.2) is 46.2 Å². The average molecular weight is 445 g/mol. The number of nitrogens with one attached hydrogen (secondary N) is 1. The van der Waals surface area contributed by atoms with Crippen molar-refractivity contribution in [3.05, 3.63) is 59.8 Å². The van der Waals surface area contributed by atoms with Gasteiger partial charge < -0.3 is 0 Å². The quantitative estimate of drug-likeness (QED) is 0.343. The zero-order valence-corrected chi connectivity index (χ0v) is 19.0. The molecule has 4 aromatic rings. The summed E-state index contributed by atoms with van der Waals surface area (Å²) in [6.45, 7) is 4.74. The second-order valence-electron chi connectivity index (χ2n) is 7.99. The summed E-state index contributed by atoms with van der Waals surface area (Å²) >= 11 is 0. The molecule has 0 saturated carbocycles. The molecule has 33 heavy (non-hydrogen) atoms. The van der Waals surface area contributed by atoms with Crippen LogP contribution in [0.5, 0.6) is 0 Å². The molecule has 0 saturated heterocycles. The number of nitrogens with zero attached hydrogens (tertiary/aromatic N) is 7. The summed E-state index contributed by atoms with van der Waals surface area (Å²) in [7, 11) is 0. The monoisotopic (exact) mass is 444 g/mol. The van der Waals surface area contributed by atoms with Crippen molar-refractivity contribution in [2.24, 2.45) is 0 Å². The number of tetrazole rings is 1. The van der Waals surface area contributed by atoms with Crippen LogP contribution in [0.3, 0.4) is 0 Å². The number of pyridine rings is 1. The largest absolute Gasteiger partial charge is 0.291 e. The van der Waals surface area contributed by atoms with Crippen molar-refractivity contribution < 1.29 is 4.79 Å². The van der Waals surface area contributed by atoms with E-state index in [-0.39, 0.29) is 5.78 Å². The van der Waals surface area contributed by atoms with Crippen LogP contribution in [0.15, 0.2) is 42.6 Å². The molecule has 9 nitrogen and oxygen atoms in total. The summed E-state index contributed by atoms with van der Waals surface area (Å²) in [5.74, 6) is 1.79. The maximum absolute atomic E-state index is 12.5. The van der Waals surface area contributed by atoms with Crippen LogP contribution in [-0.2, 0) is 13.0 Å². The van der Waals surface area contributed by atoms with Gasteiger partial charge >= 0.3 is 0 Å². The van der Waals surface area contributed by atoms with Crippen LogP contribution >= 0.6 is 0 Å². The first-order valence-electron chi connectivity index (χ1n) is 11.4. The molecule has 0 spiro atoms. The standard InChI is InChI=1S/C24H28N8O/c1-3-5-11-21(33)24-26-22(12-6-4-2)32(29-24)16-17-13-14-20(25-15-17)18-9-7-8-10-19(18)23-27-30-31-28-23/h7-10,13-15H,3-6,11-12,16H2,1-2H3,(H,27,28,30,31). The van der Waals surface area contributed by atoms with Gasteiger partial charge in [0.05, 0.1) is 12.2 Å². The van der Waals surface area contributed by atoms with Crippen LogP contribution in [0, 0.1) is 0 Å². The second-order valence-corrected chi connectivity index (χ2v) is 7.99. The molecule has 3 aromatic heterocycles. The van der Waals surface area contributed by atoms with E-state index in [2.05, 4.69) is 49.5 Å². The molecule has 0 aliphatic rings. The molecule has 0 fully saturated rings. The lowest BCUT2D eigenvalue weighted by atomic mass is 10.0. The number of aromatic nitrogens is 8. The van der Waals surface area contributed by atoms with E-state index in [1.165, 1.54) is 0 Å². The molecule has 0 bridgehead atoms. The Hall–Kier alpha value is -3.75. The van der Waals surface area contributed by atoms with Gasteiger partial charge in [-0.15, -0.1) is 10.2 Å². The van der Waals surface area contributed by atoms with E-state index in [0.29, 0.717) is 24.6 Å².